The molecule has 0 aromatic rings. The molecular weight excluding hydrogens is 312 g/mol. The lowest BCUT2D eigenvalue weighted by Gasteiger charge is -2.57. The van der Waals surface area contributed by atoms with Gasteiger partial charge < -0.3 is 9.84 Å². The highest BCUT2D eigenvalue weighted by Gasteiger charge is 2.63. The molecule has 7 atom stereocenters. The molecule has 136 valence electrons. The molecule has 3 saturated carbocycles. The number of aliphatic hydroxyl groups excluding tert-OH is 1. The van der Waals surface area contributed by atoms with Crippen LogP contribution < -0.4 is 0 Å². The third-order valence-corrected chi connectivity index (χ3v) is 8.72. The molecule has 0 aromatic heterocycles. The van der Waals surface area contributed by atoms with E-state index in [1.54, 1.807) is 0 Å². The molecule has 3 fully saturated rings. The van der Waals surface area contributed by atoms with E-state index in [9.17, 15) is 9.90 Å². The van der Waals surface area contributed by atoms with Crippen molar-refractivity contribution in [3.05, 3.63) is 23.8 Å². The maximum Gasteiger partial charge on any atom is 0.155 e. The molecule has 1 N–H and O–H groups in total. The van der Waals surface area contributed by atoms with Crippen molar-refractivity contribution in [2.75, 3.05) is 13.2 Å². The standard InChI is InChI=1S/C22H30O3/c1-21-8-5-17-16-4-3-15(24)12-18(16)14(13-23)11-19(17)20(21)6-9-22(21)7-2-10-25-22/h2,7,12,14,16-17,19-20,23H,3-6,8-11,13H2,1H3/t14?,16-,17?,19?,20?,21+,22+/m1/s1. The maximum atomic E-state index is 12.0. The second-order valence-electron chi connectivity index (χ2n) is 9.40. The molecule has 5 aliphatic rings. The van der Waals surface area contributed by atoms with Gasteiger partial charge in [-0.3, -0.25) is 4.79 Å². The number of carbonyl (C=O) groups excluding carboxylic acids is 1. The van der Waals surface area contributed by atoms with Crippen LogP contribution in [0.2, 0.25) is 0 Å². The molecule has 3 nitrogen and oxygen atoms in total. The molecule has 0 radical (unpaired) electrons. The Hall–Kier alpha value is -0.930. The van der Waals surface area contributed by atoms with Crippen LogP contribution >= 0.6 is 0 Å². The first-order valence-electron chi connectivity index (χ1n) is 10.2. The van der Waals surface area contributed by atoms with Crippen molar-refractivity contribution in [1.82, 2.24) is 0 Å². The van der Waals surface area contributed by atoms with Crippen molar-refractivity contribution in [3.8, 4) is 0 Å². The maximum absolute atomic E-state index is 12.0. The lowest BCUT2D eigenvalue weighted by molar-refractivity contribution is -0.120. The number of carbonyl (C=O) groups is 1. The van der Waals surface area contributed by atoms with E-state index >= 15 is 0 Å². The molecule has 0 saturated heterocycles. The highest BCUT2D eigenvalue weighted by Crippen LogP contribution is 2.67. The Kier molecular flexibility index (Phi) is 3.60. The summed E-state index contributed by atoms with van der Waals surface area (Å²) in [4.78, 5) is 12.0. The van der Waals surface area contributed by atoms with Crippen LogP contribution in [0.4, 0.5) is 0 Å². The zero-order valence-electron chi connectivity index (χ0n) is 15.2. The summed E-state index contributed by atoms with van der Waals surface area (Å²) in [5, 5.41) is 10.0. The zero-order chi connectivity index (χ0) is 17.2. The van der Waals surface area contributed by atoms with Gasteiger partial charge in [-0.2, -0.15) is 0 Å². The summed E-state index contributed by atoms with van der Waals surface area (Å²) in [5.74, 6) is 3.10. The van der Waals surface area contributed by atoms with Gasteiger partial charge in [-0.05, 0) is 68.3 Å². The second kappa shape index (κ2) is 5.53. The molecule has 0 aromatic carbocycles. The van der Waals surface area contributed by atoms with Crippen LogP contribution in [-0.2, 0) is 9.53 Å². The molecule has 5 rings (SSSR count). The Labute approximate surface area is 150 Å². The number of fused-ring (bicyclic) bond motifs is 6. The fraction of sp³-hybridized carbons (Fsp3) is 0.773. The summed E-state index contributed by atoms with van der Waals surface area (Å²) in [5.41, 5.74) is 1.50. The number of hydrogen-bond donors (Lipinski definition) is 1. The fourth-order valence-corrected chi connectivity index (χ4v) is 7.54. The highest BCUT2D eigenvalue weighted by atomic mass is 16.5. The van der Waals surface area contributed by atoms with Gasteiger partial charge in [-0.1, -0.05) is 24.6 Å². The molecular formula is C22H30O3. The largest absolute Gasteiger partial charge is 0.396 e. The Morgan fingerprint density at radius 1 is 1.24 bits per heavy atom. The fourth-order valence-electron chi connectivity index (χ4n) is 7.54. The molecule has 3 heteroatoms. The summed E-state index contributed by atoms with van der Waals surface area (Å²) in [7, 11) is 0. The smallest absolute Gasteiger partial charge is 0.155 e. The Morgan fingerprint density at radius 2 is 2.12 bits per heavy atom. The minimum atomic E-state index is -0.0318. The first-order chi connectivity index (χ1) is 12.1. The van der Waals surface area contributed by atoms with Crippen molar-refractivity contribution in [2.45, 2.75) is 57.5 Å². The van der Waals surface area contributed by atoms with Crippen LogP contribution in [0.5, 0.6) is 0 Å². The van der Waals surface area contributed by atoms with Crippen molar-refractivity contribution < 1.29 is 14.6 Å². The quantitative estimate of drug-likeness (QED) is 0.740. The number of ether oxygens (including phenoxy) is 1. The van der Waals surface area contributed by atoms with E-state index in [2.05, 4.69) is 19.1 Å². The van der Waals surface area contributed by atoms with Crippen molar-refractivity contribution in [2.24, 2.45) is 35.0 Å². The molecule has 4 aliphatic carbocycles. The normalized spacial score (nSPS) is 51.2. The Bertz CT molecular complexity index is 650. The lowest BCUT2D eigenvalue weighted by Crippen LogP contribution is -2.53. The van der Waals surface area contributed by atoms with Gasteiger partial charge in [0.05, 0.1) is 12.2 Å². The van der Waals surface area contributed by atoms with Crippen LogP contribution in [0.15, 0.2) is 23.8 Å². The van der Waals surface area contributed by atoms with Gasteiger partial charge in [0.2, 0.25) is 0 Å². The van der Waals surface area contributed by atoms with E-state index in [1.165, 1.54) is 24.8 Å². The summed E-state index contributed by atoms with van der Waals surface area (Å²) < 4.78 is 6.31. The Balaban J connectivity index is 1.50. The van der Waals surface area contributed by atoms with Gasteiger partial charge in [-0.15, -0.1) is 0 Å². The van der Waals surface area contributed by atoms with Crippen LogP contribution in [0.1, 0.15) is 51.9 Å². The zero-order valence-corrected chi connectivity index (χ0v) is 15.2. The molecule has 1 heterocycles. The van der Waals surface area contributed by atoms with Crippen molar-refractivity contribution >= 4 is 5.78 Å². The topological polar surface area (TPSA) is 46.5 Å². The van der Waals surface area contributed by atoms with Gasteiger partial charge >= 0.3 is 0 Å². The average Bonchev–Trinajstić information content (AvgIpc) is 3.20. The van der Waals surface area contributed by atoms with Gasteiger partial charge in [-0.25, -0.2) is 0 Å². The Morgan fingerprint density at radius 3 is 2.88 bits per heavy atom. The first kappa shape index (κ1) is 16.3. The monoisotopic (exact) mass is 342 g/mol. The summed E-state index contributed by atoms with van der Waals surface area (Å²) in [6.45, 7) is 3.44. The molecule has 1 spiro atoms. The van der Waals surface area contributed by atoms with Crippen molar-refractivity contribution in [3.63, 3.8) is 0 Å². The number of hydrogen-bond acceptors (Lipinski definition) is 3. The van der Waals surface area contributed by atoms with Crippen LogP contribution in [0.3, 0.4) is 0 Å². The third kappa shape index (κ3) is 2.09. The molecule has 1 aliphatic heterocycles. The lowest BCUT2D eigenvalue weighted by atomic mass is 9.49. The molecule has 4 unspecified atom stereocenters. The number of ketones is 1. The van der Waals surface area contributed by atoms with Gasteiger partial charge in [0, 0.05) is 24.4 Å². The van der Waals surface area contributed by atoms with E-state index < -0.39 is 0 Å². The number of rotatable bonds is 1. The number of aliphatic hydroxyl groups is 1. The first-order valence-corrected chi connectivity index (χ1v) is 10.2. The van der Waals surface area contributed by atoms with E-state index in [1.807, 2.05) is 6.08 Å². The second-order valence-corrected chi connectivity index (χ2v) is 9.40. The van der Waals surface area contributed by atoms with Crippen LogP contribution in [0, 0.1) is 35.0 Å². The predicted octanol–water partition coefficient (Wildman–Crippen LogP) is 3.67. The SMILES string of the molecule is C[C@]12CCC3C(CC(CO)C4=CC(=O)CC[C@@H]43)C1CC[C@@]21C=CCO1. The third-order valence-electron chi connectivity index (χ3n) is 8.72. The summed E-state index contributed by atoms with van der Waals surface area (Å²) in [6.07, 6.45) is 14.2. The minimum Gasteiger partial charge on any atom is -0.396 e. The minimum absolute atomic E-state index is 0.0318. The van der Waals surface area contributed by atoms with Gasteiger partial charge in [0.1, 0.15) is 0 Å². The van der Waals surface area contributed by atoms with E-state index in [4.69, 9.17) is 4.74 Å². The summed E-state index contributed by atoms with van der Waals surface area (Å²) in [6, 6.07) is 0. The van der Waals surface area contributed by atoms with E-state index in [0.717, 1.165) is 25.9 Å². The predicted molar refractivity (Wildman–Crippen MR) is 95.9 cm³/mol. The highest BCUT2D eigenvalue weighted by molar-refractivity contribution is 5.91. The van der Waals surface area contributed by atoms with Gasteiger partial charge in [0.25, 0.3) is 0 Å². The van der Waals surface area contributed by atoms with Crippen LogP contribution in [-0.4, -0.2) is 29.7 Å². The van der Waals surface area contributed by atoms with E-state index in [-0.39, 0.29) is 29.3 Å². The molecule has 0 bridgehead atoms. The molecule has 0 amide bonds. The van der Waals surface area contributed by atoms with E-state index in [0.29, 0.717) is 30.1 Å². The summed E-state index contributed by atoms with van der Waals surface area (Å²) >= 11 is 0. The average molecular weight is 342 g/mol. The van der Waals surface area contributed by atoms with Crippen LogP contribution in [0.25, 0.3) is 0 Å². The van der Waals surface area contributed by atoms with Crippen molar-refractivity contribution in [1.29, 1.82) is 0 Å². The van der Waals surface area contributed by atoms with Gasteiger partial charge in [0.15, 0.2) is 5.78 Å². The molecule has 25 heavy (non-hydrogen) atoms.